The van der Waals surface area contributed by atoms with Crippen molar-refractivity contribution in [2.45, 2.75) is 18.6 Å². The van der Waals surface area contributed by atoms with Crippen LogP contribution in [-0.2, 0) is 6.18 Å². The highest BCUT2D eigenvalue weighted by molar-refractivity contribution is 6.06. The number of aromatic nitrogens is 3. The van der Waals surface area contributed by atoms with Crippen molar-refractivity contribution in [2.75, 3.05) is 49.8 Å². The van der Waals surface area contributed by atoms with Gasteiger partial charge >= 0.3 is 6.18 Å². The number of likely N-dealkylation sites (N-methyl/N-ethyl adjacent to an activating group) is 1. The van der Waals surface area contributed by atoms with Gasteiger partial charge in [0.05, 0.1) is 33.8 Å². The zero-order valence-corrected chi connectivity index (χ0v) is 23.6. The fourth-order valence-electron chi connectivity index (χ4n) is 4.81. The topological polar surface area (TPSA) is 95.5 Å². The predicted molar refractivity (Wildman–Crippen MR) is 155 cm³/mol. The van der Waals surface area contributed by atoms with Gasteiger partial charge in [0.25, 0.3) is 5.91 Å². The zero-order chi connectivity index (χ0) is 30.7. The van der Waals surface area contributed by atoms with Crippen LogP contribution in [0.3, 0.4) is 0 Å². The van der Waals surface area contributed by atoms with Crippen LogP contribution >= 0.6 is 0 Å². The molecule has 5 rings (SSSR count). The average molecular weight is 596 g/mol. The molecule has 1 atom stereocenters. The van der Waals surface area contributed by atoms with Crippen molar-refractivity contribution in [3.05, 3.63) is 83.9 Å². The number of hydrogen-bond acceptors (Lipinski definition) is 8. The van der Waals surface area contributed by atoms with Crippen molar-refractivity contribution in [1.29, 1.82) is 0 Å². The molecule has 43 heavy (non-hydrogen) atoms. The van der Waals surface area contributed by atoms with Gasteiger partial charge < -0.3 is 25.2 Å². The molecule has 0 saturated carbocycles. The van der Waals surface area contributed by atoms with Crippen LogP contribution in [0.25, 0.3) is 11.3 Å². The largest absolute Gasteiger partial charge is 0.438 e. The third-order valence-electron chi connectivity index (χ3n) is 7.13. The number of carbonyl (C=O) groups is 1. The summed E-state index contributed by atoms with van der Waals surface area (Å²) in [6.07, 6.45) is -0.761. The summed E-state index contributed by atoms with van der Waals surface area (Å²) in [4.78, 5) is 30.1. The first-order chi connectivity index (χ1) is 20.5. The summed E-state index contributed by atoms with van der Waals surface area (Å²) in [5, 5.41) is 5.37. The second-order valence-corrected chi connectivity index (χ2v) is 10.2. The molecular weight excluding hydrogens is 566 g/mol. The predicted octanol–water partition coefficient (Wildman–Crippen LogP) is 5.92. The molecule has 0 spiro atoms. The van der Waals surface area contributed by atoms with Crippen LogP contribution in [0, 0.1) is 5.82 Å². The Morgan fingerprint density at radius 1 is 1.07 bits per heavy atom. The number of alkyl halides is 3. The van der Waals surface area contributed by atoms with Crippen molar-refractivity contribution < 1.29 is 27.1 Å². The number of anilines is 3. The highest BCUT2D eigenvalue weighted by Crippen LogP contribution is 2.37. The van der Waals surface area contributed by atoms with Crippen LogP contribution in [0.5, 0.6) is 11.6 Å². The molecule has 0 aliphatic carbocycles. The van der Waals surface area contributed by atoms with E-state index in [-0.39, 0.29) is 23.4 Å². The number of carbonyl (C=O) groups excluding carboxylic acids is 1. The molecule has 1 saturated heterocycles. The number of benzene rings is 2. The summed E-state index contributed by atoms with van der Waals surface area (Å²) in [6.45, 7) is 1.15. The molecule has 2 aromatic carbocycles. The average Bonchev–Trinajstić information content (AvgIpc) is 3.48. The molecule has 1 aliphatic heterocycles. The standard InChI is InChI=1S/C30H29F4N7O2/c1-35-29-37-13-10-24(39-29)21-5-4-12-36-28(21)43-20-7-8-23(31)22(16-20)27(42)38-25-15-18(30(32,33)34)6-9-26(25)41-14-11-19(17-41)40(2)3/h4-10,12-13,15-16,19H,11,14,17H2,1-3H3,(H,38,42)(H,35,37,39)/t19-/m0/s1. The number of pyridine rings is 1. The fraction of sp³-hybridized carbons (Fsp3) is 0.267. The van der Waals surface area contributed by atoms with Gasteiger partial charge in [-0.25, -0.2) is 19.3 Å². The molecule has 1 aliphatic rings. The smallest absolute Gasteiger partial charge is 0.416 e. The highest BCUT2D eigenvalue weighted by atomic mass is 19.4. The summed E-state index contributed by atoms with van der Waals surface area (Å²) in [5.41, 5.74) is 0.0419. The number of nitrogens with zero attached hydrogens (tertiary/aromatic N) is 5. The molecule has 1 fully saturated rings. The minimum Gasteiger partial charge on any atom is -0.438 e. The molecule has 3 heterocycles. The molecule has 9 nitrogen and oxygen atoms in total. The Labute approximate surface area is 245 Å². The second kappa shape index (κ2) is 12.2. The number of rotatable bonds is 8. The first-order valence-corrected chi connectivity index (χ1v) is 13.4. The molecule has 0 radical (unpaired) electrons. The molecule has 4 aromatic rings. The van der Waals surface area contributed by atoms with Gasteiger partial charge in [-0.2, -0.15) is 13.2 Å². The zero-order valence-electron chi connectivity index (χ0n) is 23.6. The van der Waals surface area contributed by atoms with Gasteiger partial charge in [0.1, 0.15) is 11.6 Å². The molecule has 13 heteroatoms. The normalized spacial score (nSPS) is 15.1. The maximum atomic E-state index is 14.9. The number of ether oxygens (including phenoxy) is 1. The third-order valence-corrected chi connectivity index (χ3v) is 7.13. The van der Waals surface area contributed by atoms with E-state index in [0.717, 1.165) is 24.6 Å². The van der Waals surface area contributed by atoms with Crippen LogP contribution in [0.15, 0.2) is 67.0 Å². The Hall–Kier alpha value is -4.78. The summed E-state index contributed by atoms with van der Waals surface area (Å²) >= 11 is 0. The van der Waals surface area contributed by atoms with Crippen LogP contribution in [0.2, 0.25) is 0 Å². The van der Waals surface area contributed by atoms with Gasteiger partial charge in [-0.15, -0.1) is 0 Å². The Morgan fingerprint density at radius 3 is 2.60 bits per heavy atom. The van der Waals surface area contributed by atoms with E-state index in [2.05, 4.69) is 25.6 Å². The SMILES string of the molecule is CNc1nccc(-c2cccnc2Oc2ccc(F)c(C(=O)Nc3cc(C(F)(F)F)ccc3N3CC[C@H](N(C)C)C3)c2)n1. The molecule has 0 bridgehead atoms. The lowest BCUT2D eigenvalue weighted by Crippen LogP contribution is -2.31. The number of nitrogens with one attached hydrogen (secondary N) is 2. The molecule has 1 amide bonds. The minimum atomic E-state index is -4.63. The Balaban J connectivity index is 1.44. The van der Waals surface area contributed by atoms with Crippen LogP contribution in [-0.4, -0.2) is 66.0 Å². The molecular formula is C30H29F4N7O2. The van der Waals surface area contributed by atoms with Crippen molar-refractivity contribution in [2.24, 2.45) is 0 Å². The molecule has 0 unspecified atom stereocenters. The van der Waals surface area contributed by atoms with Crippen molar-refractivity contribution in [3.63, 3.8) is 0 Å². The van der Waals surface area contributed by atoms with E-state index in [1.165, 1.54) is 24.4 Å². The minimum absolute atomic E-state index is 0.0685. The maximum absolute atomic E-state index is 14.9. The van der Waals surface area contributed by atoms with Crippen molar-refractivity contribution >= 4 is 23.2 Å². The first-order valence-electron chi connectivity index (χ1n) is 13.4. The summed E-state index contributed by atoms with van der Waals surface area (Å²) in [5.74, 6) is -1.18. The summed E-state index contributed by atoms with van der Waals surface area (Å²) < 4.78 is 61.7. The van der Waals surface area contributed by atoms with Crippen LogP contribution in [0.1, 0.15) is 22.3 Å². The van der Waals surface area contributed by atoms with Crippen LogP contribution < -0.4 is 20.3 Å². The number of hydrogen-bond donors (Lipinski definition) is 2. The molecule has 2 N–H and O–H groups in total. The van der Waals surface area contributed by atoms with E-state index < -0.39 is 29.0 Å². The van der Waals surface area contributed by atoms with Gasteiger partial charge in [-0.1, -0.05) is 0 Å². The fourth-order valence-corrected chi connectivity index (χ4v) is 4.81. The second-order valence-electron chi connectivity index (χ2n) is 10.2. The Morgan fingerprint density at radius 2 is 1.88 bits per heavy atom. The van der Waals surface area contributed by atoms with Gasteiger partial charge in [0, 0.05) is 38.6 Å². The lowest BCUT2D eigenvalue weighted by atomic mass is 10.1. The number of amides is 1. The molecule has 2 aromatic heterocycles. The van der Waals surface area contributed by atoms with E-state index in [1.807, 2.05) is 23.9 Å². The summed E-state index contributed by atoms with van der Waals surface area (Å²) in [6, 6.07) is 12.0. The van der Waals surface area contributed by atoms with E-state index in [1.54, 1.807) is 31.4 Å². The van der Waals surface area contributed by atoms with E-state index in [0.29, 0.717) is 36.0 Å². The first kappa shape index (κ1) is 29.7. The lowest BCUT2D eigenvalue weighted by molar-refractivity contribution is -0.137. The van der Waals surface area contributed by atoms with Crippen LogP contribution in [0.4, 0.5) is 34.9 Å². The number of halogens is 4. The Bertz CT molecular complexity index is 1630. The van der Waals surface area contributed by atoms with E-state index in [4.69, 9.17) is 4.74 Å². The third kappa shape index (κ3) is 6.67. The van der Waals surface area contributed by atoms with Gasteiger partial charge in [-0.05, 0) is 75.1 Å². The van der Waals surface area contributed by atoms with E-state index in [9.17, 15) is 22.4 Å². The van der Waals surface area contributed by atoms with Crippen molar-refractivity contribution in [3.8, 4) is 22.9 Å². The Kier molecular flexibility index (Phi) is 8.44. The van der Waals surface area contributed by atoms with Gasteiger partial charge in [-0.3, -0.25) is 4.79 Å². The quantitative estimate of drug-likeness (QED) is 0.243. The van der Waals surface area contributed by atoms with E-state index >= 15 is 0 Å². The van der Waals surface area contributed by atoms with Crippen molar-refractivity contribution in [1.82, 2.24) is 19.9 Å². The highest BCUT2D eigenvalue weighted by Gasteiger charge is 2.33. The van der Waals surface area contributed by atoms with Gasteiger partial charge in [0.15, 0.2) is 0 Å². The lowest BCUT2D eigenvalue weighted by Gasteiger charge is -2.25. The molecule has 224 valence electrons. The maximum Gasteiger partial charge on any atom is 0.416 e. The monoisotopic (exact) mass is 595 g/mol. The summed E-state index contributed by atoms with van der Waals surface area (Å²) in [7, 11) is 5.55. The van der Waals surface area contributed by atoms with Gasteiger partial charge in [0.2, 0.25) is 11.8 Å².